The highest BCUT2D eigenvalue weighted by atomic mass is 79.9. The Balaban J connectivity index is 2.32. The Morgan fingerprint density at radius 3 is 2.61 bits per heavy atom. The molecular formula is C14H15BrO2S. The Morgan fingerprint density at radius 2 is 2.00 bits per heavy atom. The third kappa shape index (κ3) is 3.13. The minimum absolute atomic E-state index is 0.0903. The first-order chi connectivity index (χ1) is 8.58. The normalized spacial score (nSPS) is 12.7. The van der Waals surface area contributed by atoms with Gasteiger partial charge in [-0.05, 0) is 52.9 Å². The van der Waals surface area contributed by atoms with Gasteiger partial charge in [-0.25, -0.2) is 0 Å². The zero-order valence-corrected chi connectivity index (χ0v) is 12.7. The lowest BCUT2D eigenvalue weighted by Crippen LogP contribution is -2.09. The molecule has 0 aliphatic heterocycles. The lowest BCUT2D eigenvalue weighted by molar-refractivity contribution is 0.198. The monoisotopic (exact) mass is 326 g/mol. The van der Waals surface area contributed by atoms with Crippen molar-refractivity contribution >= 4 is 27.3 Å². The van der Waals surface area contributed by atoms with Crippen molar-refractivity contribution in [3.05, 3.63) is 50.6 Å². The highest BCUT2D eigenvalue weighted by Crippen LogP contribution is 2.33. The number of benzene rings is 1. The standard InChI is InChI=1S/C14H15BrO2S/c1-9(2)17-12-6-4-3-5-11(12)14(16)10-7-13(15)18-8-10/h3-9,14,16H,1-2H3. The van der Waals surface area contributed by atoms with Crippen LogP contribution in [0.1, 0.15) is 31.1 Å². The third-order valence-electron chi connectivity index (χ3n) is 2.48. The molecule has 1 atom stereocenters. The summed E-state index contributed by atoms with van der Waals surface area (Å²) >= 11 is 4.97. The first-order valence-electron chi connectivity index (χ1n) is 5.75. The van der Waals surface area contributed by atoms with Crippen LogP contribution >= 0.6 is 27.3 Å². The first kappa shape index (κ1) is 13.6. The highest BCUT2D eigenvalue weighted by Gasteiger charge is 2.17. The average molecular weight is 327 g/mol. The molecule has 2 aromatic rings. The van der Waals surface area contributed by atoms with Gasteiger partial charge >= 0.3 is 0 Å². The van der Waals surface area contributed by atoms with Crippen molar-refractivity contribution in [2.24, 2.45) is 0 Å². The molecule has 18 heavy (non-hydrogen) atoms. The summed E-state index contributed by atoms with van der Waals surface area (Å²) in [5, 5.41) is 12.4. The zero-order chi connectivity index (χ0) is 13.1. The van der Waals surface area contributed by atoms with E-state index in [2.05, 4.69) is 15.9 Å². The summed E-state index contributed by atoms with van der Waals surface area (Å²) in [4.78, 5) is 0. The number of halogens is 1. The van der Waals surface area contributed by atoms with Gasteiger partial charge < -0.3 is 9.84 Å². The summed E-state index contributed by atoms with van der Waals surface area (Å²) < 4.78 is 6.74. The molecule has 2 rings (SSSR count). The highest BCUT2D eigenvalue weighted by molar-refractivity contribution is 9.11. The van der Waals surface area contributed by atoms with Gasteiger partial charge in [-0.2, -0.15) is 0 Å². The van der Waals surface area contributed by atoms with Crippen LogP contribution in [0.5, 0.6) is 5.75 Å². The van der Waals surface area contributed by atoms with E-state index in [1.807, 2.05) is 49.6 Å². The van der Waals surface area contributed by atoms with Crippen LogP contribution in [0.2, 0.25) is 0 Å². The van der Waals surface area contributed by atoms with Crippen LogP contribution in [0.3, 0.4) is 0 Å². The molecule has 0 aliphatic carbocycles. The molecule has 96 valence electrons. The Labute approximate surface area is 119 Å². The van der Waals surface area contributed by atoms with Gasteiger partial charge in [0.15, 0.2) is 0 Å². The smallest absolute Gasteiger partial charge is 0.125 e. The number of para-hydroxylation sites is 1. The van der Waals surface area contributed by atoms with E-state index in [9.17, 15) is 5.11 Å². The molecule has 0 saturated carbocycles. The van der Waals surface area contributed by atoms with Crippen molar-refractivity contribution in [2.75, 3.05) is 0 Å². The molecule has 0 bridgehead atoms. The molecule has 0 spiro atoms. The number of ether oxygens (including phenoxy) is 1. The van der Waals surface area contributed by atoms with Crippen molar-refractivity contribution in [3.63, 3.8) is 0 Å². The summed E-state index contributed by atoms with van der Waals surface area (Å²) in [6.45, 7) is 3.95. The summed E-state index contributed by atoms with van der Waals surface area (Å²) in [6.07, 6.45) is -0.560. The molecule has 4 heteroatoms. The third-order valence-corrected chi connectivity index (χ3v) is 4.00. The molecule has 0 saturated heterocycles. The minimum Gasteiger partial charge on any atom is -0.491 e. The van der Waals surface area contributed by atoms with Crippen LogP contribution in [-0.2, 0) is 0 Å². The average Bonchev–Trinajstić information content (AvgIpc) is 2.75. The quantitative estimate of drug-likeness (QED) is 0.903. The number of rotatable bonds is 4. The molecule has 0 radical (unpaired) electrons. The number of aliphatic hydroxyl groups is 1. The van der Waals surface area contributed by atoms with E-state index < -0.39 is 6.10 Å². The fourth-order valence-electron chi connectivity index (χ4n) is 1.71. The Bertz CT molecular complexity index is 522. The van der Waals surface area contributed by atoms with E-state index >= 15 is 0 Å². The predicted octanol–water partition coefficient (Wildman–Crippen LogP) is 4.38. The van der Waals surface area contributed by atoms with Gasteiger partial charge in [-0.15, -0.1) is 11.3 Å². The van der Waals surface area contributed by atoms with E-state index in [1.165, 1.54) is 0 Å². The van der Waals surface area contributed by atoms with E-state index in [4.69, 9.17) is 4.74 Å². The first-order valence-corrected chi connectivity index (χ1v) is 7.42. The van der Waals surface area contributed by atoms with Crippen LogP contribution in [0.4, 0.5) is 0 Å². The molecule has 0 fully saturated rings. The molecule has 1 N–H and O–H groups in total. The van der Waals surface area contributed by atoms with Crippen LogP contribution < -0.4 is 4.74 Å². The number of aliphatic hydroxyl groups excluding tert-OH is 1. The Hall–Kier alpha value is -0.840. The lowest BCUT2D eigenvalue weighted by Gasteiger charge is -2.17. The van der Waals surface area contributed by atoms with Gasteiger partial charge in [-0.1, -0.05) is 18.2 Å². The second-order valence-corrected chi connectivity index (χ2v) is 6.58. The largest absolute Gasteiger partial charge is 0.491 e. The van der Waals surface area contributed by atoms with Crippen molar-refractivity contribution in [2.45, 2.75) is 26.1 Å². The van der Waals surface area contributed by atoms with E-state index in [-0.39, 0.29) is 6.10 Å². The van der Waals surface area contributed by atoms with Crippen LogP contribution in [-0.4, -0.2) is 11.2 Å². The molecule has 0 amide bonds. The minimum atomic E-state index is -0.650. The fourth-order valence-corrected chi connectivity index (χ4v) is 2.91. The zero-order valence-electron chi connectivity index (χ0n) is 10.3. The molecule has 2 nitrogen and oxygen atoms in total. The maximum Gasteiger partial charge on any atom is 0.125 e. The van der Waals surface area contributed by atoms with Crippen molar-refractivity contribution < 1.29 is 9.84 Å². The topological polar surface area (TPSA) is 29.5 Å². The molecule has 1 heterocycles. The number of thiophene rings is 1. The molecular weight excluding hydrogens is 312 g/mol. The lowest BCUT2D eigenvalue weighted by atomic mass is 10.0. The van der Waals surface area contributed by atoms with E-state index in [0.29, 0.717) is 0 Å². The second kappa shape index (κ2) is 5.87. The van der Waals surface area contributed by atoms with E-state index in [0.717, 1.165) is 20.7 Å². The van der Waals surface area contributed by atoms with Gasteiger partial charge in [0.05, 0.1) is 9.89 Å². The van der Waals surface area contributed by atoms with Crippen molar-refractivity contribution in [1.29, 1.82) is 0 Å². The van der Waals surface area contributed by atoms with Gasteiger partial charge in [-0.3, -0.25) is 0 Å². The van der Waals surface area contributed by atoms with Gasteiger partial charge in [0, 0.05) is 5.56 Å². The Kier molecular flexibility index (Phi) is 4.43. The van der Waals surface area contributed by atoms with Crippen LogP contribution in [0.15, 0.2) is 39.5 Å². The number of hydrogen-bond acceptors (Lipinski definition) is 3. The molecule has 1 aromatic carbocycles. The summed E-state index contributed by atoms with van der Waals surface area (Å²) in [6, 6.07) is 9.54. The summed E-state index contributed by atoms with van der Waals surface area (Å²) in [5.74, 6) is 0.738. The number of hydrogen-bond donors (Lipinski definition) is 1. The van der Waals surface area contributed by atoms with Gasteiger partial charge in [0.25, 0.3) is 0 Å². The van der Waals surface area contributed by atoms with Crippen molar-refractivity contribution in [3.8, 4) is 5.75 Å². The SMILES string of the molecule is CC(C)Oc1ccccc1C(O)c1csc(Br)c1. The summed E-state index contributed by atoms with van der Waals surface area (Å²) in [5.41, 5.74) is 1.68. The Morgan fingerprint density at radius 1 is 1.28 bits per heavy atom. The van der Waals surface area contributed by atoms with E-state index in [1.54, 1.807) is 11.3 Å². The maximum absolute atomic E-state index is 10.4. The summed E-state index contributed by atoms with van der Waals surface area (Å²) in [7, 11) is 0. The maximum atomic E-state index is 10.4. The predicted molar refractivity (Wildman–Crippen MR) is 78.3 cm³/mol. The molecule has 0 aliphatic rings. The fraction of sp³-hybridized carbons (Fsp3) is 0.286. The van der Waals surface area contributed by atoms with Crippen LogP contribution in [0.25, 0.3) is 0 Å². The van der Waals surface area contributed by atoms with Gasteiger partial charge in [0.2, 0.25) is 0 Å². The van der Waals surface area contributed by atoms with Crippen LogP contribution in [0, 0.1) is 0 Å². The molecule has 1 aromatic heterocycles. The molecule has 1 unspecified atom stereocenters. The second-order valence-electron chi connectivity index (χ2n) is 4.29. The van der Waals surface area contributed by atoms with Gasteiger partial charge in [0.1, 0.15) is 11.9 Å². The van der Waals surface area contributed by atoms with Crippen molar-refractivity contribution in [1.82, 2.24) is 0 Å².